The fourth-order valence-electron chi connectivity index (χ4n) is 1.51. The number of nitrogens with two attached hydrogens (primary N) is 1. The number of H-pyrrole nitrogens is 1. The Balaban J connectivity index is 3.26. The lowest BCUT2D eigenvalue weighted by atomic mass is 10.1. The van der Waals surface area contributed by atoms with Crippen LogP contribution < -0.4 is 16.6 Å². The summed E-state index contributed by atoms with van der Waals surface area (Å²) >= 11 is 0. The monoisotopic (exact) mass is 210 g/mol. The van der Waals surface area contributed by atoms with Crippen molar-refractivity contribution in [3.05, 3.63) is 22.5 Å². The van der Waals surface area contributed by atoms with E-state index in [9.17, 15) is 9.59 Å². The summed E-state index contributed by atoms with van der Waals surface area (Å²) in [7, 11) is 1.54. The molecule has 1 heterocycles. The molecular formula is C9H14N4O2. The van der Waals surface area contributed by atoms with Gasteiger partial charge in [0.1, 0.15) is 5.69 Å². The fourth-order valence-corrected chi connectivity index (χ4v) is 1.51. The number of nitrogen functional groups attached to an aromatic ring is 1. The van der Waals surface area contributed by atoms with Gasteiger partial charge in [-0.05, 0) is 19.4 Å². The van der Waals surface area contributed by atoms with Crippen molar-refractivity contribution in [3.8, 4) is 0 Å². The van der Waals surface area contributed by atoms with Crippen molar-refractivity contribution < 1.29 is 9.59 Å². The van der Waals surface area contributed by atoms with Gasteiger partial charge in [-0.25, -0.2) is 5.84 Å². The first kappa shape index (κ1) is 11.3. The van der Waals surface area contributed by atoms with Gasteiger partial charge in [0, 0.05) is 12.7 Å². The minimum absolute atomic E-state index is 0.225. The van der Waals surface area contributed by atoms with Crippen LogP contribution in [0.3, 0.4) is 0 Å². The van der Waals surface area contributed by atoms with Crippen LogP contribution in [0.5, 0.6) is 0 Å². The maximum absolute atomic E-state index is 11.5. The SMILES string of the molecule is CNC(=O)c1c(C)[nH]c(C(=O)NN)c1C. The molecule has 0 unspecified atom stereocenters. The van der Waals surface area contributed by atoms with Gasteiger partial charge in [0.25, 0.3) is 11.8 Å². The number of aryl methyl sites for hydroxylation is 1. The molecule has 0 aliphatic heterocycles. The molecule has 0 aliphatic rings. The highest BCUT2D eigenvalue weighted by Gasteiger charge is 2.20. The maximum atomic E-state index is 11.5. The average molecular weight is 210 g/mol. The number of hydrazine groups is 1. The van der Waals surface area contributed by atoms with Crippen molar-refractivity contribution >= 4 is 11.8 Å². The molecule has 5 N–H and O–H groups in total. The smallest absolute Gasteiger partial charge is 0.281 e. The van der Waals surface area contributed by atoms with Gasteiger partial charge >= 0.3 is 0 Å². The molecule has 1 rings (SSSR count). The number of carbonyl (C=O) groups excluding carboxylic acids is 2. The summed E-state index contributed by atoms with van der Waals surface area (Å²) in [5.41, 5.74) is 4.05. The third-order valence-corrected chi connectivity index (χ3v) is 2.25. The van der Waals surface area contributed by atoms with E-state index in [2.05, 4.69) is 10.3 Å². The van der Waals surface area contributed by atoms with Crippen LogP contribution in [0.15, 0.2) is 0 Å². The number of amides is 2. The van der Waals surface area contributed by atoms with Crippen molar-refractivity contribution in [1.29, 1.82) is 0 Å². The first-order chi connectivity index (χ1) is 7.02. The van der Waals surface area contributed by atoms with E-state index in [1.165, 1.54) is 7.05 Å². The normalized spacial score (nSPS) is 9.87. The molecule has 0 fully saturated rings. The molecule has 0 atom stereocenters. The van der Waals surface area contributed by atoms with E-state index in [4.69, 9.17) is 5.84 Å². The van der Waals surface area contributed by atoms with Crippen LogP contribution in [-0.4, -0.2) is 23.8 Å². The number of carbonyl (C=O) groups is 2. The van der Waals surface area contributed by atoms with Crippen LogP contribution in [-0.2, 0) is 0 Å². The van der Waals surface area contributed by atoms with Crippen LogP contribution in [0.25, 0.3) is 0 Å². The van der Waals surface area contributed by atoms with E-state index >= 15 is 0 Å². The van der Waals surface area contributed by atoms with Crippen LogP contribution in [0, 0.1) is 13.8 Å². The van der Waals surface area contributed by atoms with Crippen molar-refractivity contribution in [2.24, 2.45) is 5.84 Å². The molecular weight excluding hydrogens is 196 g/mol. The number of hydrogen-bond donors (Lipinski definition) is 4. The van der Waals surface area contributed by atoms with E-state index in [-0.39, 0.29) is 5.91 Å². The van der Waals surface area contributed by atoms with Crippen LogP contribution in [0.2, 0.25) is 0 Å². The second kappa shape index (κ2) is 4.14. The number of nitrogens with one attached hydrogen (secondary N) is 3. The lowest BCUT2D eigenvalue weighted by molar-refractivity contribution is 0.0947. The van der Waals surface area contributed by atoms with E-state index in [0.717, 1.165) is 0 Å². The van der Waals surface area contributed by atoms with E-state index in [1.54, 1.807) is 13.8 Å². The van der Waals surface area contributed by atoms with Crippen molar-refractivity contribution in [2.45, 2.75) is 13.8 Å². The summed E-state index contributed by atoms with van der Waals surface area (Å²) in [6.45, 7) is 3.42. The predicted octanol–water partition coefficient (Wildman–Crippen LogP) is -0.405. The molecule has 6 nitrogen and oxygen atoms in total. The second-order valence-electron chi connectivity index (χ2n) is 3.18. The van der Waals surface area contributed by atoms with Gasteiger partial charge in [0.05, 0.1) is 5.56 Å². The molecule has 0 aromatic carbocycles. The third kappa shape index (κ3) is 1.84. The zero-order valence-electron chi connectivity index (χ0n) is 8.89. The largest absolute Gasteiger partial charge is 0.355 e. The third-order valence-electron chi connectivity index (χ3n) is 2.25. The lowest BCUT2D eigenvalue weighted by Crippen LogP contribution is -2.31. The molecule has 1 aromatic heterocycles. The van der Waals surface area contributed by atoms with E-state index in [1.807, 2.05) is 5.43 Å². The van der Waals surface area contributed by atoms with Crippen molar-refractivity contribution in [1.82, 2.24) is 15.7 Å². The minimum Gasteiger partial charge on any atom is -0.355 e. The topological polar surface area (TPSA) is 100 Å². The van der Waals surface area contributed by atoms with Gasteiger partial charge < -0.3 is 10.3 Å². The number of rotatable bonds is 2. The molecule has 0 bridgehead atoms. The Kier molecular flexibility index (Phi) is 3.11. The quantitative estimate of drug-likeness (QED) is 0.303. The summed E-state index contributed by atoms with van der Waals surface area (Å²) < 4.78 is 0. The Labute approximate surface area is 87.2 Å². The molecule has 0 radical (unpaired) electrons. The second-order valence-corrected chi connectivity index (χ2v) is 3.18. The van der Waals surface area contributed by atoms with Crippen LogP contribution in [0.1, 0.15) is 32.1 Å². The number of aromatic nitrogens is 1. The number of aromatic amines is 1. The zero-order chi connectivity index (χ0) is 11.6. The Morgan fingerprint density at radius 3 is 2.33 bits per heavy atom. The van der Waals surface area contributed by atoms with Gasteiger partial charge in [-0.3, -0.25) is 15.0 Å². The standard InChI is InChI=1S/C9H14N4O2/c1-4-6(8(14)11-3)5(2)12-7(4)9(15)13-10/h12H,10H2,1-3H3,(H,11,14)(H,13,15). The van der Waals surface area contributed by atoms with Gasteiger partial charge in [0.2, 0.25) is 0 Å². The Bertz CT molecular complexity index is 408. The van der Waals surface area contributed by atoms with Crippen molar-refractivity contribution in [2.75, 3.05) is 7.05 Å². The van der Waals surface area contributed by atoms with Crippen molar-refractivity contribution in [3.63, 3.8) is 0 Å². The van der Waals surface area contributed by atoms with E-state index in [0.29, 0.717) is 22.5 Å². The highest BCUT2D eigenvalue weighted by molar-refractivity contribution is 6.02. The summed E-state index contributed by atoms with van der Waals surface area (Å²) in [5, 5.41) is 2.51. The predicted molar refractivity (Wildman–Crippen MR) is 55.3 cm³/mol. The lowest BCUT2D eigenvalue weighted by Gasteiger charge is -2.00. The fraction of sp³-hybridized carbons (Fsp3) is 0.333. The summed E-state index contributed by atoms with van der Waals surface area (Å²) in [5.74, 6) is 4.36. The summed E-state index contributed by atoms with van der Waals surface area (Å²) in [6.07, 6.45) is 0. The summed E-state index contributed by atoms with van der Waals surface area (Å²) in [4.78, 5) is 25.6. The Morgan fingerprint density at radius 1 is 1.27 bits per heavy atom. The van der Waals surface area contributed by atoms with Gasteiger partial charge in [-0.15, -0.1) is 0 Å². The number of hydrogen-bond acceptors (Lipinski definition) is 3. The zero-order valence-corrected chi connectivity index (χ0v) is 8.89. The minimum atomic E-state index is -0.439. The maximum Gasteiger partial charge on any atom is 0.281 e. The van der Waals surface area contributed by atoms with Crippen LogP contribution in [0.4, 0.5) is 0 Å². The molecule has 1 aromatic rings. The first-order valence-electron chi connectivity index (χ1n) is 4.45. The average Bonchev–Trinajstić information content (AvgIpc) is 2.52. The van der Waals surface area contributed by atoms with Crippen LogP contribution >= 0.6 is 0 Å². The highest BCUT2D eigenvalue weighted by atomic mass is 16.2. The Hall–Kier alpha value is -1.82. The molecule has 2 amide bonds. The molecule has 0 saturated heterocycles. The molecule has 6 heteroatoms. The first-order valence-corrected chi connectivity index (χ1v) is 4.45. The molecule has 0 aliphatic carbocycles. The van der Waals surface area contributed by atoms with E-state index < -0.39 is 5.91 Å². The van der Waals surface area contributed by atoms with Gasteiger partial charge in [-0.1, -0.05) is 0 Å². The highest BCUT2D eigenvalue weighted by Crippen LogP contribution is 2.17. The molecule has 82 valence electrons. The van der Waals surface area contributed by atoms with Gasteiger partial charge in [0.15, 0.2) is 0 Å². The molecule has 15 heavy (non-hydrogen) atoms. The van der Waals surface area contributed by atoms with Gasteiger partial charge in [-0.2, -0.15) is 0 Å². The Morgan fingerprint density at radius 2 is 1.87 bits per heavy atom. The molecule has 0 saturated carbocycles. The summed E-state index contributed by atoms with van der Waals surface area (Å²) in [6, 6.07) is 0. The molecule has 0 spiro atoms.